The summed E-state index contributed by atoms with van der Waals surface area (Å²) in [6.07, 6.45) is 7.20. The molecule has 4 heterocycles. The number of likely N-dealkylation sites (tertiary alicyclic amines) is 1. The number of phenols is 2. The molecule has 256 valence electrons. The highest BCUT2D eigenvalue weighted by Crippen LogP contribution is 2.49. The number of methoxy groups -OCH3 is 1. The summed E-state index contributed by atoms with van der Waals surface area (Å²) < 4.78 is 20.6. The Morgan fingerprint density at radius 3 is 2.60 bits per heavy atom. The average molecular weight is 739 g/mol. The number of rotatable bonds is 5. The van der Waals surface area contributed by atoms with Gasteiger partial charge in [-0.3, -0.25) is 14.7 Å². The van der Waals surface area contributed by atoms with Gasteiger partial charge in [0.2, 0.25) is 0 Å². The van der Waals surface area contributed by atoms with Gasteiger partial charge < -0.3 is 28.7 Å². The van der Waals surface area contributed by atoms with Crippen LogP contribution in [0.5, 0.6) is 11.5 Å². The number of carbonyl (C=O) groups is 1. The number of nitrogens with zero attached hydrogens (tertiary/aromatic N) is 3. The molecule has 1 fully saturated rings. The van der Waals surface area contributed by atoms with Crippen LogP contribution in [0.3, 0.4) is 0 Å². The first-order valence-electron chi connectivity index (χ1n) is 16.2. The molecule has 10 nitrogen and oxygen atoms in total. The summed E-state index contributed by atoms with van der Waals surface area (Å²) in [4.78, 5) is 31.0. The summed E-state index contributed by atoms with van der Waals surface area (Å²) in [5.74, 6) is -0.225. The first-order chi connectivity index (χ1) is 24.1. The molecule has 8 rings (SSSR count). The summed E-state index contributed by atoms with van der Waals surface area (Å²) in [5.41, 5.74) is 4.46. The highest BCUT2D eigenvalue weighted by Gasteiger charge is 2.52. The lowest BCUT2D eigenvalue weighted by molar-refractivity contribution is -0.131. The molecule has 0 saturated carbocycles. The summed E-state index contributed by atoms with van der Waals surface area (Å²) in [5, 5.41) is 20.5. The monoisotopic (exact) mass is 737 g/mol. The number of aromatic hydroxyl groups is 2. The minimum absolute atomic E-state index is 0.0671. The molecule has 0 bridgehead atoms. The Balaban J connectivity index is 0.000000176. The van der Waals surface area contributed by atoms with Crippen LogP contribution in [-0.2, 0) is 28.5 Å². The number of aromatic nitrogens is 2. The lowest BCUT2D eigenvalue weighted by atomic mass is 9.69. The average Bonchev–Trinajstić information content (AvgIpc) is 3.43. The third kappa shape index (κ3) is 6.06. The van der Waals surface area contributed by atoms with Crippen molar-refractivity contribution in [3.8, 4) is 22.8 Å². The summed E-state index contributed by atoms with van der Waals surface area (Å²) in [6.45, 7) is 1.21. The number of carbonyl (C=O) groups excluding carboxylic acids is 1. The molecule has 0 radical (unpaired) electrons. The van der Waals surface area contributed by atoms with Gasteiger partial charge in [-0.2, -0.15) is 0 Å². The number of phenolic OH excluding ortho intramolecular Hbond substituents is 2. The number of halogens is 1. The Morgan fingerprint density at radius 1 is 1.04 bits per heavy atom. The first kappa shape index (κ1) is 33.5. The van der Waals surface area contributed by atoms with Gasteiger partial charge in [-0.05, 0) is 59.1 Å². The number of benzene rings is 3. The van der Waals surface area contributed by atoms with Crippen molar-refractivity contribution >= 4 is 43.8 Å². The SMILES string of the molecule is COC12CC(COC(=O)c3cncc(Br)c3)CN(C)C1Cc1cn(C)c3cccc2c13.O=c1cc(-c2ccccc2)oc2cc(O)cc(O)c12. The molecule has 11 heteroatoms. The lowest BCUT2D eigenvalue weighted by Gasteiger charge is -2.53. The molecule has 0 spiro atoms. The third-order valence-corrected chi connectivity index (χ3v) is 10.2. The van der Waals surface area contributed by atoms with Crippen molar-refractivity contribution in [2.24, 2.45) is 13.0 Å². The maximum Gasteiger partial charge on any atom is 0.339 e. The molecule has 0 amide bonds. The second-order valence-electron chi connectivity index (χ2n) is 13.0. The van der Waals surface area contributed by atoms with E-state index in [-0.39, 0.29) is 45.8 Å². The second-order valence-corrected chi connectivity index (χ2v) is 13.9. The number of fused-ring (bicyclic) bond motifs is 3. The van der Waals surface area contributed by atoms with Crippen molar-refractivity contribution in [1.29, 1.82) is 0 Å². The molecule has 3 unspecified atom stereocenters. The highest BCUT2D eigenvalue weighted by atomic mass is 79.9. The van der Waals surface area contributed by atoms with E-state index in [1.54, 1.807) is 12.3 Å². The normalized spacial score (nSPS) is 19.8. The van der Waals surface area contributed by atoms with Crippen molar-refractivity contribution in [3.05, 3.63) is 123 Å². The van der Waals surface area contributed by atoms with Gasteiger partial charge in [0.15, 0.2) is 5.43 Å². The number of aryl methyl sites for hydroxylation is 1. The fourth-order valence-electron chi connectivity index (χ4n) is 7.63. The zero-order valence-electron chi connectivity index (χ0n) is 27.8. The predicted octanol–water partition coefficient (Wildman–Crippen LogP) is 6.78. The fraction of sp³-hybridized carbons (Fsp3) is 0.256. The van der Waals surface area contributed by atoms with Crippen molar-refractivity contribution < 1.29 is 28.9 Å². The predicted molar refractivity (Wildman–Crippen MR) is 193 cm³/mol. The maximum atomic E-state index is 12.5. The van der Waals surface area contributed by atoms with Crippen molar-refractivity contribution in [2.45, 2.75) is 24.5 Å². The molecule has 1 aliphatic carbocycles. The molecular formula is C39H36BrN3O7. The Morgan fingerprint density at radius 2 is 1.84 bits per heavy atom. The van der Waals surface area contributed by atoms with Gasteiger partial charge in [-0.1, -0.05) is 42.5 Å². The molecule has 50 heavy (non-hydrogen) atoms. The van der Waals surface area contributed by atoms with E-state index in [1.165, 1.54) is 40.4 Å². The third-order valence-electron chi connectivity index (χ3n) is 9.78. The van der Waals surface area contributed by atoms with Gasteiger partial charge in [0.05, 0.1) is 12.2 Å². The van der Waals surface area contributed by atoms with E-state index in [0.717, 1.165) is 35.5 Å². The number of hydrogen-bond donors (Lipinski definition) is 2. The van der Waals surface area contributed by atoms with Gasteiger partial charge in [0.25, 0.3) is 0 Å². The molecule has 2 aliphatic rings. The number of esters is 1. The van der Waals surface area contributed by atoms with E-state index in [2.05, 4.69) is 68.9 Å². The minimum atomic E-state index is -0.421. The zero-order valence-corrected chi connectivity index (χ0v) is 29.4. The van der Waals surface area contributed by atoms with Crippen LogP contribution >= 0.6 is 15.9 Å². The summed E-state index contributed by atoms with van der Waals surface area (Å²) in [6, 6.07) is 21.4. The topological polar surface area (TPSA) is 127 Å². The van der Waals surface area contributed by atoms with E-state index in [0.29, 0.717) is 17.9 Å². The standard InChI is InChI=1S/C24H26BrN3O3.C15H10O4/c1-27-13-17-8-21-24(30-3,19-5-4-6-20(27)22(17)19)9-15(12-28(21)2)14-31-23(29)16-7-18(25)11-26-10-16;16-10-6-11(17)15-12(18)8-13(19-14(15)7-10)9-4-2-1-3-5-9/h4-7,10-11,13,15,21H,8-9,12,14H2,1-3H3;1-8,16-17H. The molecule has 3 atom stereocenters. The highest BCUT2D eigenvalue weighted by molar-refractivity contribution is 9.10. The number of hydrogen-bond acceptors (Lipinski definition) is 9. The smallest absolute Gasteiger partial charge is 0.339 e. The van der Waals surface area contributed by atoms with Crippen LogP contribution in [0.4, 0.5) is 0 Å². The van der Waals surface area contributed by atoms with Gasteiger partial charge in [0.1, 0.15) is 33.8 Å². The Labute approximate surface area is 296 Å². The largest absolute Gasteiger partial charge is 0.508 e. The van der Waals surface area contributed by atoms with Crippen molar-refractivity contribution in [1.82, 2.24) is 14.5 Å². The molecule has 3 aromatic carbocycles. The van der Waals surface area contributed by atoms with Gasteiger partial charge >= 0.3 is 5.97 Å². The van der Waals surface area contributed by atoms with Crippen LogP contribution in [0.15, 0.2) is 105 Å². The molecule has 3 aromatic heterocycles. The van der Waals surface area contributed by atoms with E-state index in [9.17, 15) is 19.8 Å². The Bertz CT molecular complexity index is 2290. The summed E-state index contributed by atoms with van der Waals surface area (Å²) in [7, 11) is 6.07. The number of piperidine rings is 1. The van der Waals surface area contributed by atoms with E-state index in [4.69, 9.17) is 13.9 Å². The molecule has 1 aliphatic heterocycles. The number of likely N-dealkylation sites (N-methyl/N-ethyl adjacent to an activating group) is 1. The number of ether oxygens (including phenoxy) is 2. The van der Waals surface area contributed by atoms with Crippen LogP contribution in [-0.4, -0.2) is 64.0 Å². The van der Waals surface area contributed by atoms with Gasteiger partial charge in [-0.25, -0.2) is 4.79 Å². The minimum Gasteiger partial charge on any atom is -0.508 e. The van der Waals surface area contributed by atoms with Crippen LogP contribution in [0, 0.1) is 5.92 Å². The van der Waals surface area contributed by atoms with Crippen LogP contribution in [0.2, 0.25) is 0 Å². The zero-order chi connectivity index (χ0) is 35.2. The Hall–Kier alpha value is -4.97. The van der Waals surface area contributed by atoms with Crippen LogP contribution in [0.1, 0.15) is 27.9 Å². The van der Waals surface area contributed by atoms with Crippen LogP contribution in [0.25, 0.3) is 33.2 Å². The molecule has 6 aromatic rings. The van der Waals surface area contributed by atoms with E-state index < -0.39 is 5.60 Å². The second kappa shape index (κ2) is 13.4. The van der Waals surface area contributed by atoms with Crippen molar-refractivity contribution in [2.75, 3.05) is 27.3 Å². The summed E-state index contributed by atoms with van der Waals surface area (Å²) >= 11 is 3.35. The van der Waals surface area contributed by atoms with Crippen LogP contribution < -0.4 is 5.43 Å². The molecular weight excluding hydrogens is 702 g/mol. The van der Waals surface area contributed by atoms with Gasteiger partial charge in [0, 0.05) is 90.4 Å². The van der Waals surface area contributed by atoms with E-state index in [1.807, 2.05) is 37.4 Å². The quantitative estimate of drug-likeness (QED) is 0.184. The maximum absolute atomic E-state index is 12.5. The number of pyridine rings is 1. The Kier molecular flexibility index (Phi) is 8.98. The van der Waals surface area contributed by atoms with E-state index >= 15 is 0 Å². The first-order valence-corrected chi connectivity index (χ1v) is 17.0. The lowest BCUT2D eigenvalue weighted by Crippen LogP contribution is -2.59. The fourth-order valence-corrected chi connectivity index (χ4v) is 7.99. The molecule has 1 saturated heterocycles. The molecule has 2 N–H and O–H groups in total. The van der Waals surface area contributed by atoms with Crippen molar-refractivity contribution in [3.63, 3.8) is 0 Å². The van der Waals surface area contributed by atoms with Gasteiger partial charge in [-0.15, -0.1) is 0 Å².